The van der Waals surface area contributed by atoms with Crippen molar-refractivity contribution in [2.45, 2.75) is 27.3 Å². The number of fused-ring (bicyclic) bond motifs is 1. The molecule has 7 heteroatoms. The summed E-state index contributed by atoms with van der Waals surface area (Å²) >= 11 is 0. The summed E-state index contributed by atoms with van der Waals surface area (Å²) in [7, 11) is 0. The molecule has 0 unspecified atom stereocenters. The van der Waals surface area contributed by atoms with Gasteiger partial charge in [-0.05, 0) is 56.7 Å². The first-order chi connectivity index (χ1) is 15.4. The van der Waals surface area contributed by atoms with E-state index in [0.717, 1.165) is 67.5 Å². The topological polar surface area (TPSA) is 58.8 Å². The van der Waals surface area contributed by atoms with Crippen molar-refractivity contribution in [3.63, 3.8) is 0 Å². The van der Waals surface area contributed by atoms with Crippen molar-refractivity contribution in [3.8, 4) is 17.1 Å². The SMILES string of the molecule is C=C(C)COc1ccc(-c2nc3nc(CN4CCN(CC(=C)C)CC4)cc(C)n3n2)cc1. The first-order valence-corrected chi connectivity index (χ1v) is 11.1. The zero-order chi connectivity index (χ0) is 22.7. The van der Waals surface area contributed by atoms with Crippen molar-refractivity contribution in [3.05, 3.63) is 66.0 Å². The summed E-state index contributed by atoms with van der Waals surface area (Å²) in [5.41, 5.74) is 5.21. The van der Waals surface area contributed by atoms with Gasteiger partial charge in [0.2, 0.25) is 0 Å². The van der Waals surface area contributed by atoms with E-state index in [4.69, 9.17) is 14.7 Å². The van der Waals surface area contributed by atoms with Crippen molar-refractivity contribution in [2.75, 3.05) is 39.3 Å². The van der Waals surface area contributed by atoms with Crippen molar-refractivity contribution >= 4 is 5.78 Å². The molecule has 0 bridgehead atoms. The number of hydrogen-bond donors (Lipinski definition) is 0. The molecule has 4 rings (SSSR count). The molecule has 3 heterocycles. The Balaban J connectivity index is 1.45. The molecule has 1 saturated heterocycles. The molecular formula is C25H32N6O. The van der Waals surface area contributed by atoms with Gasteiger partial charge in [0.15, 0.2) is 5.82 Å². The van der Waals surface area contributed by atoms with Crippen LogP contribution in [-0.2, 0) is 6.54 Å². The quantitative estimate of drug-likeness (QED) is 0.506. The minimum atomic E-state index is 0.515. The van der Waals surface area contributed by atoms with Gasteiger partial charge in [0.05, 0.1) is 5.69 Å². The number of aromatic nitrogens is 4. The van der Waals surface area contributed by atoms with E-state index in [1.807, 2.05) is 35.7 Å². The number of ether oxygens (including phenoxy) is 1. The second-order valence-electron chi connectivity index (χ2n) is 8.82. The lowest BCUT2D eigenvalue weighted by atomic mass is 10.2. The molecule has 1 fully saturated rings. The molecule has 0 saturated carbocycles. The van der Waals surface area contributed by atoms with E-state index < -0.39 is 0 Å². The van der Waals surface area contributed by atoms with Gasteiger partial charge in [0.1, 0.15) is 12.4 Å². The molecule has 0 atom stereocenters. The first-order valence-electron chi connectivity index (χ1n) is 11.1. The second-order valence-corrected chi connectivity index (χ2v) is 8.82. The van der Waals surface area contributed by atoms with Crippen LogP contribution in [0.25, 0.3) is 17.2 Å². The van der Waals surface area contributed by atoms with Gasteiger partial charge in [-0.1, -0.05) is 18.7 Å². The van der Waals surface area contributed by atoms with Crippen molar-refractivity contribution in [1.82, 2.24) is 29.4 Å². The van der Waals surface area contributed by atoms with Crippen LogP contribution < -0.4 is 4.74 Å². The molecule has 1 aliphatic heterocycles. The third-order valence-corrected chi connectivity index (χ3v) is 5.49. The maximum atomic E-state index is 5.68. The third kappa shape index (κ3) is 5.41. The largest absolute Gasteiger partial charge is 0.489 e. The van der Waals surface area contributed by atoms with Gasteiger partial charge in [-0.2, -0.15) is 4.98 Å². The van der Waals surface area contributed by atoms with Crippen LogP contribution in [0.1, 0.15) is 25.2 Å². The molecule has 0 spiro atoms. The monoisotopic (exact) mass is 432 g/mol. The predicted molar refractivity (Wildman–Crippen MR) is 128 cm³/mol. The van der Waals surface area contributed by atoms with Crippen LogP contribution in [0.15, 0.2) is 54.6 Å². The van der Waals surface area contributed by atoms with Crippen LogP contribution in [0, 0.1) is 6.92 Å². The van der Waals surface area contributed by atoms with Gasteiger partial charge in [-0.3, -0.25) is 9.80 Å². The Labute approximate surface area is 190 Å². The van der Waals surface area contributed by atoms with Crippen LogP contribution in [0.3, 0.4) is 0 Å². The van der Waals surface area contributed by atoms with Crippen LogP contribution >= 0.6 is 0 Å². The standard InChI is InChI=1S/C25H32N6O/c1-18(2)15-29-10-12-30(13-11-29)16-22-14-20(5)31-25(26-22)27-24(28-31)21-6-8-23(9-7-21)32-17-19(3)4/h6-9,14H,1,3,10-13,15-17H2,2,4-5H3. The van der Waals surface area contributed by atoms with E-state index in [1.54, 1.807) is 0 Å². The lowest BCUT2D eigenvalue weighted by molar-refractivity contribution is 0.134. The number of nitrogens with zero attached hydrogens (tertiary/aromatic N) is 6. The Morgan fingerprint density at radius 1 is 0.969 bits per heavy atom. The molecule has 2 aromatic heterocycles. The maximum absolute atomic E-state index is 5.68. The van der Waals surface area contributed by atoms with Gasteiger partial charge < -0.3 is 4.74 Å². The summed E-state index contributed by atoms with van der Waals surface area (Å²) in [4.78, 5) is 14.4. The lowest BCUT2D eigenvalue weighted by Crippen LogP contribution is -2.46. The molecule has 3 aromatic rings. The second kappa shape index (κ2) is 9.63. The van der Waals surface area contributed by atoms with Gasteiger partial charge in [-0.15, -0.1) is 5.10 Å². The van der Waals surface area contributed by atoms with E-state index in [1.165, 1.54) is 5.57 Å². The van der Waals surface area contributed by atoms with E-state index in [2.05, 4.69) is 48.0 Å². The minimum Gasteiger partial charge on any atom is -0.489 e. The highest BCUT2D eigenvalue weighted by Gasteiger charge is 2.18. The zero-order valence-corrected chi connectivity index (χ0v) is 19.3. The molecule has 0 N–H and O–H groups in total. The molecular weight excluding hydrogens is 400 g/mol. The summed E-state index contributed by atoms with van der Waals surface area (Å²) in [5, 5.41) is 4.67. The normalized spacial score (nSPS) is 15.2. The molecule has 168 valence electrons. The summed E-state index contributed by atoms with van der Waals surface area (Å²) in [5.74, 6) is 2.11. The third-order valence-electron chi connectivity index (χ3n) is 5.49. The van der Waals surface area contributed by atoms with Crippen molar-refractivity contribution in [1.29, 1.82) is 0 Å². The zero-order valence-electron chi connectivity index (χ0n) is 19.3. The number of piperazine rings is 1. The van der Waals surface area contributed by atoms with E-state index in [0.29, 0.717) is 18.2 Å². The Kier molecular flexibility index (Phi) is 6.67. The Morgan fingerprint density at radius 2 is 1.66 bits per heavy atom. The number of benzene rings is 1. The summed E-state index contributed by atoms with van der Waals surface area (Å²) in [6.45, 7) is 20.5. The summed E-state index contributed by atoms with van der Waals surface area (Å²) in [6, 6.07) is 9.93. The van der Waals surface area contributed by atoms with Gasteiger partial charge in [-0.25, -0.2) is 9.50 Å². The highest BCUT2D eigenvalue weighted by molar-refractivity contribution is 5.58. The Hall–Kier alpha value is -3.03. The fraction of sp³-hybridized carbons (Fsp3) is 0.400. The molecule has 32 heavy (non-hydrogen) atoms. The van der Waals surface area contributed by atoms with Crippen molar-refractivity contribution in [2.24, 2.45) is 0 Å². The number of rotatable bonds is 8. The summed E-state index contributed by atoms with van der Waals surface area (Å²) in [6.07, 6.45) is 0. The molecule has 0 amide bonds. The highest BCUT2D eigenvalue weighted by atomic mass is 16.5. The van der Waals surface area contributed by atoms with Crippen LogP contribution in [0.4, 0.5) is 0 Å². The lowest BCUT2D eigenvalue weighted by Gasteiger charge is -2.34. The molecule has 1 aliphatic rings. The van der Waals surface area contributed by atoms with E-state index in [9.17, 15) is 0 Å². The molecule has 7 nitrogen and oxygen atoms in total. The maximum Gasteiger partial charge on any atom is 0.253 e. The fourth-order valence-corrected chi connectivity index (χ4v) is 3.90. The molecule has 1 aromatic carbocycles. The highest BCUT2D eigenvalue weighted by Crippen LogP contribution is 2.21. The van der Waals surface area contributed by atoms with Crippen molar-refractivity contribution < 1.29 is 4.74 Å². The Morgan fingerprint density at radius 3 is 2.31 bits per heavy atom. The van der Waals surface area contributed by atoms with Gasteiger partial charge in [0, 0.05) is 50.5 Å². The predicted octanol–water partition coefficient (Wildman–Crippen LogP) is 3.75. The van der Waals surface area contributed by atoms with Crippen LogP contribution in [0.2, 0.25) is 0 Å². The number of hydrogen-bond acceptors (Lipinski definition) is 6. The fourth-order valence-electron chi connectivity index (χ4n) is 3.90. The van der Waals surface area contributed by atoms with Crippen LogP contribution in [-0.4, -0.2) is 68.7 Å². The molecule has 0 radical (unpaired) electrons. The smallest absolute Gasteiger partial charge is 0.253 e. The minimum absolute atomic E-state index is 0.515. The number of aryl methyl sites for hydroxylation is 1. The van der Waals surface area contributed by atoms with E-state index >= 15 is 0 Å². The Bertz CT molecular complexity index is 1110. The van der Waals surface area contributed by atoms with E-state index in [-0.39, 0.29) is 0 Å². The summed E-state index contributed by atoms with van der Waals surface area (Å²) < 4.78 is 7.49. The first kappa shape index (κ1) is 22.2. The molecule has 0 aliphatic carbocycles. The van der Waals surface area contributed by atoms with Crippen LogP contribution in [0.5, 0.6) is 5.75 Å². The van der Waals surface area contributed by atoms with Gasteiger partial charge in [0.25, 0.3) is 5.78 Å². The average Bonchev–Trinajstić information content (AvgIpc) is 3.18. The average molecular weight is 433 g/mol. The van der Waals surface area contributed by atoms with Gasteiger partial charge >= 0.3 is 0 Å².